The van der Waals surface area contributed by atoms with Crippen molar-refractivity contribution in [2.45, 2.75) is 45.6 Å². The average molecular weight is 270 g/mol. The number of hydrogen-bond acceptors (Lipinski definition) is 4. The fourth-order valence-corrected chi connectivity index (χ4v) is 2.33. The highest BCUT2D eigenvalue weighted by atomic mass is 16.4. The van der Waals surface area contributed by atoms with Crippen LogP contribution in [0.4, 0.5) is 0 Å². The summed E-state index contributed by atoms with van der Waals surface area (Å²) in [4.78, 5) is 14.3. The highest BCUT2D eigenvalue weighted by Gasteiger charge is 2.39. The number of oxime groups is 1. The topological polar surface area (TPSA) is 91.0 Å². The number of amides is 1. The van der Waals surface area contributed by atoms with E-state index >= 15 is 0 Å². The lowest BCUT2D eigenvalue weighted by atomic mass is 9.85. The molecule has 0 aliphatic carbocycles. The van der Waals surface area contributed by atoms with E-state index < -0.39 is 5.54 Å². The van der Waals surface area contributed by atoms with Crippen LogP contribution < -0.4 is 11.1 Å². The monoisotopic (exact) mass is 270 g/mol. The van der Waals surface area contributed by atoms with Gasteiger partial charge in [-0.3, -0.25) is 4.79 Å². The molecule has 6 nitrogen and oxygen atoms in total. The van der Waals surface area contributed by atoms with Crippen molar-refractivity contribution in [3.8, 4) is 0 Å². The van der Waals surface area contributed by atoms with E-state index in [9.17, 15) is 4.79 Å². The van der Waals surface area contributed by atoms with Gasteiger partial charge in [0.1, 0.15) is 5.54 Å². The number of nitrogens with two attached hydrogens (primary N) is 1. The van der Waals surface area contributed by atoms with Gasteiger partial charge < -0.3 is 21.2 Å². The summed E-state index contributed by atoms with van der Waals surface area (Å²) in [7, 11) is 2.02. The molecule has 19 heavy (non-hydrogen) atoms. The van der Waals surface area contributed by atoms with E-state index in [1.54, 1.807) is 0 Å². The summed E-state index contributed by atoms with van der Waals surface area (Å²) >= 11 is 0. The zero-order valence-electron chi connectivity index (χ0n) is 12.4. The number of hydrogen-bond donors (Lipinski definition) is 3. The molecule has 0 radical (unpaired) electrons. The Morgan fingerprint density at radius 3 is 2.37 bits per heavy atom. The van der Waals surface area contributed by atoms with E-state index in [2.05, 4.69) is 15.4 Å². The van der Waals surface area contributed by atoms with Gasteiger partial charge in [0.15, 0.2) is 5.84 Å². The van der Waals surface area contributed by atoms with Crippen LogP contribution in [0.5, 0.6) is 0 Å². The minimum absolute atomic E-state index is 0.0522. The highest BCUT2D eigenvalue weighted by molar-refractivity contribution is 5.94. The Hall–Kier alpha value is -1.30. The molecule has 1 heterocycles. The number of nitrogens with one attached hydrogen (secondary N) is 1. The third kappa shape index (κ3) is 4.38. The molecule has 1 rings (SSSR count). The maximum atomic E-state index is 12.1. The maximum Gasteiger partial charge on any atom is 0.221 e. The molecule has 6 heteroatoms. The van der Waals surface area contributed by atoms with Crippen molar-refractivity contribution in [3.05, 3.63) is 0 Å². The number of piperidine rings is 1. The van der Waals surface area contributed by atoms with Crippen molar-refractivity contribution in [2.75, 3.05) is 20.1 Å². The van der Waals surface area contributed by atoms with E-state index in [0.717, 1.165) is 13.1 Å². The molecule has 0 unspecified atom stereocenters. The first-order valence-electron chi connectivity index (χ1n) is 6.66. The zero-order chi connectivity index (χ0) is 14.7. The van der Waals surface area contributed by atoms with Crippen molar-refractivity contribution < 1.29 is 10.0 Å². The van der Waals surface area contributed by atoms with Crippen molar-refractivity contribution in [1.82, 2.24) is 10.2 Å². The average Bonchev–Trinajstić information content (AvgIpc) is 2.29. The Morgan fingerprint density at radius 1 is 1.42 bits per heavy atom. The Kier molecular flexibility index (Phi) is 4.79. The minimum atomic E-state index is -0.705. The standard InChI is InChI=1S/C13H26N4O2/c1-12(2,3)9-10(18)15-13(11(14)16-19)5-7-17(4)8-6-13/h19H,5-9H2,1-4H3,(H2,14,16)(H,15,18). The fraction of sp³-hybridized carbons (Fsp3) is 0.846. The number of carbonyl (C=O) groups excluding carboxylic acids is 1. The first kappa shape index (κ1) is 15.8. The van der Waals surface area contributed by atoms with Gasteiger partial charge in [-0.15, -0.1) is 0 Å². The van der Waals surface area contributed by atoms with Gasteiger partial charge in [0.05, 0.1) is 0 Å². The van der Waals surface area contributed by atoms with Gasteiger partial charge in [-0.2, -0.15) is 0 Å². The molecule has 1 aliphatic rings. The molecule has 110 valence electrons. The van der Waals surface area contributed by atoms with Gasteiger partial charge in [-0.25, -0.2) is 0 Å². The van der Waals surface area contributed by atoms with Crippen molar-refractivity contribution in [2.24, 2.45) is 16.3 Å². The van der Waals surface area contributed by atoms with Gasteiger partial charge in [-0.05, 0) is 25.3 Å². The molecular formula is C13H26N4O2. The van der Waals surface area contributed by atoms with Crippen LogP contribution in [0.3, 0.4) is 0 Å². The number of carbonyl (C=O) groups is 1. The summed E-state index contributed by atoms with van der Waals surface area (Å²) in [6.45, 7) is 7.66. The predicted octanol–water partition coefficient (Wildman–Crippen LogP) is 0.750. The third-order valence-corrected chi connectivity index (χ3v) is 3.51. The van der Waals surface area contributed by atoms with Crippen LogP contribution in [0.15, 0.2) is 5.16 Å². The molecule has 1 aliphatic heterocycles. The van der Waals surface area contributed by atoms with E-state index in [1.165, 1.54) is 0 Å². The molecule has 1 saturated heterocycles. The van der Waals surface area contributed by atoms with Crippen LogP contribution in [0.1, 0.15) is 40.0 Å². The van der Waals surface area contributed by atoms with Crippen LogP contribution in [-0.4, -0.2) is 47.5 Å². The van der Waals surface area contributed by atoms with Crippen LogP contribution >= 0.6 is 0 Å². The maximum absolute atomic E-state index is 12.1. The van der Waals surface area contributed by atoms with Gasteiger partial charge >= 0.3 is 0 Å². The Labute approximate surface area is 115 Å². The third-order valence-electron chi connectivity index (χ3n) is 3.51. The fourth-order valence-electron chi connectivity index (χ4n) is 2.33. The zero-order valence-corrected chi connectivity index (χ0v) is 12.4. The van der Waals surface area contributed by atoms with Gasteiger partial charge in [0.25, 0.3) is 0 Å². The van der Waals surface area contributed by atoms with E-state index in [4.69, 9.17) is 10.9 Å². The quantitative estimate of drug-likeness (QED) is 0.305. The molecule has 0 aromatic carbocycles. The van der Waals surface area contributed by atoms with Crippen molar-refractivity contribution in [3.63, 3.8) is 0 Å². The molecule has 1 fully saturated rings. The smallest absolute Gasteiger partial charge is 0.221 e. The lowest BCUT2D eigenvalue weighted by molar-refractivity contribution is -0.124. The van der Waals surface area contributed by atoms with E-state index in [-0.39, 0.29) is 17.2 Å². The normalized spacial score (nSPS) is 21.2. The van der Waals surface area contributed by atoms with Crippen LogP contribution in [0.25, 0.3) is 0 Å². The molecule has 4 N–H and O–H groups in total. The molecule has 0 spiro atoms. The summed E-state index contributed by atoms with van der Waals surface area (Å²) in [6, 6.07) is 0. The first-order chi connectivity index (χ1) is 8.68. The number of amidine groups is 1. The SMILES string of the molecule is CN1CCC(NC(=O)CC(C)(C)C)(/C(N)=N/O)CC1. The second-order valence-corrected chi connectivity index (χ2v) is 6.66. The lowest BCUT2D eigenvalue weighted by Gasteiger charge is -2.40. The predicted molar refractivity (Wildman–Crippen MR) is 75.1 cm³/mol. The van der Waals surface area contributed by atoms with E-state index in [0.29, 0.717) is 19.3 Å². The van der Waals surface area contributed by atoms with Crippen LogP contribution in [0, 0.1) is 5.41 Å². The second kappa shape index (κ2) is 5.77. The second-order valence-electron chi connectivity index (χ2n) is 6.66. The lowest BCUT2D eigenvalue weighted by Crippen LogP contribution is -2.62. The van der Waals surface area contributed by atoms with Crippen LogP contribution in [-0.2, 0) is 4.79 Å². The molecular weight excluding hydrogens is 244 g/mol. The number of nitrogens with zero attached hydrogens (tertiary/aromatic N) is 2. The summed E-state index contributed by atoms with van der Waals surface area (Å²) in [5.41, 5.74) is 5.02. The van der Waals surface area contributed by atoms with Crippen molar-refractivity contribution in [1.29, 1.82) is 0 Å². The highest BCUT2D eigenvalue weighted by Crippen LogP contribution is 2.24. The summed E-state index contributed by atoms with van der Waals surface area (Å²) in [6.07, 6.45) is 1.74. The van der Waals surface area contributed by atoms with Gasteiger partial charge in [0.2, 0.25) is 5.91 Å². The van der Waals surface area contributed by atoms with Gasteiger partial charge in [0, 0.05) is 19.5 Å². The number of rotatable bonds is 3. The van der Waals surface area contributed by atoms with Gasteiger partial charge in [-0.1, -0.05) is 25.9 Å². The number of likely N-dealkylation sites (tertiary alicyclic amines) is 1. The Balaban J connectivity index is 2.79. The molecule has 0 atom stereocenters. The Bertz CT molecular complexity index is 352. The minimum Gasteiger partial charge on any atom is -0.409 e. The van der Waals surface area contributed by atoms with Crippen LogP contribution in [0.2, 0.25) is 0 Å². The molecule has 0 saturated carbocycles. The molecule has 0 bridgehead atoms. The molecule has 0 aromatic rings. The first-order valence-corrected chi connectivity index (χ1v) is 6.66. The van der Waals surface area contributed by atoms with E-state index in [1.807, 2.05) is 27.8 Å². The van der Waals surface area contributed by atoms with Crippen molar-refractivity contribution >= 4 is 11.7 Å². The largest absolute Gasteiger partial charge is 0.409 e. The molecule has 1 amide bonds. The summed E-state index contributed by atoms with van der Waals surface area (Å²) < 4.78 is 0. The summed E-state index contributed by atoms with van der Waals surface area (Å²) in [5, 5.41) is 15.1. The molecule has 0 aromatic heterocycles. The Morgan fingerprint density at radius 2 is 1.95 bits per heavy atom. The summed E-state index contributed by atoms with van der Waals surface area (Å²) in [5.74, 6) is 0.0477.